The van der Waals surface area contributed by atoms with Gasteiger partial charge in [0.15, 0.2) is 5.82 Å². The Bertz CT molecular complexity index is 867. The molecule has 3 rings (SSSR count). The number of carbonyl (C=O) groups excluding carboxylic acids is 1. The first kappa shape index (κ1) is 15.4. The van der Waals surface area contributed by atoms with Crippen LogP contribution in [0.4, 0.5) is 8.78 Å². The highest BCUT2D eigenvalue weighted by Crippen LogP contribution is 2.21. The number of benzene rings is 1. The van der Waals surface area contributed by atoms with Crippen LogP contribution in [-0.4, -0.2) is 20.9 Å². The van der Waals surface area contributed by atoms with Crippen molar-refractivity contribution in [2.24, 2.45) is 0 Å². The number of hydrogen-bond acceptors (Lipinski definition) is 4. The van der Waals surface area contributed by atoms with Crippen LogP contribution < -0.4 is 0 Å². The zero-order valence-electron chi connectivity index (χ0n) is 11.6. The molecular weight excluding hydrogens is 328 g/mol. The summed E-state index contributed by atoms with van der Waals surface area (Å²) in [6.07, 6.45) is -1.19. The van der Waals surface area contributed by atoms with E-state index in [1.807, 2.05) is 0 Å². The highest BCUT2D eigenvalue weighted by atomic mass is 35.5. The van der Waals surface area contributed by atoms with Gasteiger partial charge in [0.05, 0.1) is 22.3 Å². The summed E-state index contributed by atoms with van der Waals surface area (Å²) >= 11 is 5.82. The van der Waals surface area contributed by atoms with Gasteiger partial charge in [-0.15, -0.1) is 0 Å². The molecule has 118 valence electrons. The van der Waals surface area contributed by atoms with Crippen molar-refractivity contribution in [3.05, 3.63) is 58.6 Å². The van der Waals surface area contributed by atoms with Crippen LogP contribution in [0.15, 0.2) is 36.5 Å². The minimum atomic E-state index is -2.70. The van der Waals surface area contributed by atoms with Crippen molar-refractivity contribution in [1.82, 2.24) is 15.0 Å². The molecule has 0 saturated carbocycles. The second-order valence-corrected chi connectivity index (χ2v) is 5.13. The van der Waals surface area contributed by atoms with Crippen LogP contribution in [0.25, 0.3) is 11.0 Å². The van der Waals surface area contributed by atoms with E-state index in [1.54, 1.807) is 12.1 Å². The molecule has 2 heterocycles. The van der Waals surface area contributed by atoms with Gasteiger partial charge < -0.3 is 9.72 Å². The van der Waals surface area contributed by atoms with Crippen molar-refractivity contribution in [3.63, 3.8) is 0 Å². The second kappa shape index (κ2) is 6.29. The van der Waals surface area contributed by atoms with E-state index in [9.17, 15) is 13.6 Å². The van der Waals surface area contributed by atoms with Gasteiger partial charge in [-0.1, -0.05) is 11.6 Å². The third-order valence-corrected chi connectivity index (χ3v) is 3.31. The number of aromatic nitrogens is 3. The Labute approximate surface area is 134 Å². The summed E-state index contributed by atoms with van der Waals surface area (Å²) in [6.45, 7) is -0.0390. The first-order chi connectivity index (χ1) is 11.0. The first-order valence-corrected chi connectivity index (χ1v) is 6.96. The summed E-state index contributed by atoms with van der Waals surface area (Å²) in [4.78, 5) is 22.2. The minimum Gasteiger partial charge on any atom is -0.456 e. The van der Waals surface area contributed by atoms with Crippen molar-refractivity contribution in [1.29, 1.82) is 0 Å². The van der Waals surface area contributed by atoms with Gasteiger partial charge in [-0.25, -0.2) is 18.6 Å². The predicted molar refractivity (Wildman–Crippen MR) is 79.4 cm³/mol. The van der Waals surface area contributed by atoms with Crippen LogP contribution in [0, 0.1) is 0 Å². The third-order valence-electron chi connectivity index (χ3n) is 3.07. The molecule has 2 aromatic heterocycles. The van der Waals surface area contributed by atoms with E-state index in [2.05, 4.69) is 15.0 Å². The number of fused-ring (bicyclic) bond motifs is 1. The number of nitrogens with zero attached hydrogens (tertiary/aromatic N) is 2. The Morgan fingerprint density at radius 3 is 2.87 bits per heavy atom. The molecule has 0 atom stereocenters. The fourth-order valence-electron chi connectivity index (χ4n) is 2.01. The predicted octanol–water partition coefficient (Wildman–Crippen LogP) is 3.91. The largest absolute Gasteiger partial charge is 0.456 e. The number of aromatic amines is 1. The number of carbonyl (C=O) groups is 1. The molecule has 0 spiro atoms. The Kier molecular flexibility index (Phi) is 4.20. The van der Waals surface area contributed by atoms with Crippen LogP contribution in [0.3, 0.4) is 0 Å². The number of esters is 1. The summed E-state index contributed by atoms with van der Waals surface area (Å²) in [5, 5.41) is 0.490. The van der Waals surface area contributed by atoms with E-state index in [4.69, 9.17) is 16.3 Å². The molecule has 0 aliphatic heterocycles. The van der Waals surface area contributed by atoms with Crippen molar-refractivity contribution in [2.45, 2.75) is 13.0 Å². The number of hydrogen-bond donors (Lipinski definition) is 1. The number of alkyl halides is 2. The maximum Gasteiger partial charge on any atom is 0.338 e. The maximum absolute atomic E-state index is 12.6. The molecule has 8 heteroatoms. The number of halogens is 3. The topological polar surface area (TPSA) is 67.9 Å². The minimum absolute atomic E-state index is 0.0390. The monoisotopic (exact) mass is 337 g/mol. The molecule has 1 aromatic carbocycles. The Hall–Kier alpha value is -2.54. The van der Waals surface area contributed by atoms with E-state index < -0.39 is 18.2 Å². The molecule has 3 aromatic rings. The number of H-pyrrole nitrogens is 1. The Morgan fingerprint density at radius 1 is 1.30 bits per heavy atom. The first-order valence-electron chi connectivity index (χ1n) is 6.58. The van der Waals surface area contributed by atoms with Crippen molar-refractivity contribution in [2.75, 3.05) is 0 Å². The SMILES string of the molecule is O=C(OCc1cc(Cl)ccn1)c1ccc2nc(C(F)F)[nH]c2c1. The molecule has 1 N–H and O–H groups in total. The van der Waals surface area contributed by atoms with Crippen molar-refractivity contribution < 1.29 is 18.3 Å². The highest BCUT2D eigenvalue weighted by molar-refractivity contribution is 6.30. The van der Waals surface area contributed by atoms with Gasteiger partial charge in [-0.2, -0.15) is 0 Å². The molecule has 0 radical (unpaired) electrons. The average molecular weight is 338 g/mol. The Balaban J connectivity index is 1.75. The summed E-state index contributed by atoms with van der Waals surface area (Å²) in [6, 6.07) is 7.56. The normalized spacial score (nSPS) is 11.1. The molecule has 0 aliphatic rings. The summed E-state index contributed by atoms with van der Waals surface area (Å²) in [5.74, 6) is -1.03. The molecule has 0 aliphatic carbocycles. The van der Waals surface area contributed by atoms with Crippen LogP contribution in [0.5, 0.6) is 0 Å². The quantitative estimate of drug-likeness (QED) is 0.733. The van der Waals surface area contributed by atoms with Gasteiger partial charge in [0.25, 0.3) is 6.43 Å². The molecule has 0 bridgehead atoms. The van der Waals surface area contributed by atoms with Gasteiger partial charge in [-0.3, -0.25) is 4.98 Å². The molecular formula is C15H10ClF2N3O2. The molecule has 0 amide bonds. The lowest BCUT2D eigenvalue weighted by Gasteiger charge is -2.04. The van der Waals surface area contributed by atoms with Crippen LogP contribution in [0.2, 0.25) is 5.02 Å². The molecule has 5 nitrogen and oxygen atoms in total. The number of pyridine rings is 1. The summed E-state index contributed by atoms with van der Waals surface area (Å²) in [7, 11) is 0. The lowest BCUT2D eigenvalue weighted by atomic mass is 10.2. The van der Waals surface area contributed by atoms with Crippen LogP contribution >= 0.6 is 11.6 Å². The van der Waals surface area contributed by atoms with E-state index in [1.165, 1.54) is 24.4 Å². The third kappa shape index (κ3) is 3.45. The van der Waals surface area contributed by atoms with Gasteiger partial charge in [0, 0.05) is 11.2 Å². The molecule has 0 fully saturated rings. The lowest BCUT2D eigenvalue weighted by Crippen LogP contribution is -2.06. The fourth-order valence-corrected chi connectivity index (χ4v) is 2.19. The standard InChI is InChI=1S/C15H10ClF2N3O2/c16-9-3-4-19-10(6-9)7-23-15(22)8-1-2-11-12(5-8)21-14(20-11)13(17)18/h1-6,13H,7H2,(H,20,21). The van der Waals surface area contributed by atoms with Crippen molar-refractivity contribution in [3.8, 4) is 0 Å². The van der Waals surface area contributed by atoms with E-state index >= 15 is 0 Å². The van der Waals surface area contributed by atoms with E-state index in [0.29, 0.717) is 21.7 Å². The second-order valence-electron chi connectivity index (χ2n) is 4.70. The maximum atomic E-state index is 12.6. The van der Waals surface area contributed by atoms with Gasteiger partial charge >= 0.3 is 5.97 Å². The number of ether oxygens (including phenoxy) is 1. The molecule has 0 unspecified atom stereocenters. The zero-order valence-corrected chi connectivity index (χ0v) is 12.3. The fraction of sp³-hybridized carbons (Fsp3) is 0.133. The lowest BCUT2D eigenvalue weighted by molar-refractivity contribution is 0.0468. The van der Waals surface area contributed by atoms with Crippen LogP contribution in [0.1, 0.15) is 28.3 Å². The van der Waals surface area contributed by atoms with E-state index in [0.717, 1.165) is 0 Å². The number of rotatable bonds is 4. The zero-order chi connectivity index (χ0) is 16.4. The molecule has 0 saturated heterocycles. The average Bonchev–Trinajstić information content (AvgIpc) is 2.96. The van der Waals surface area contributed by atoms with Crippen LogP contribution in [-0.2, 0) is 11.3 Å². The number of nitrogens with one attached hydrogen (secondary N) is 1. The Morgan fingerprint density at radius 2 is 2.13 bits per heavy atom. The van der Waals surface area contributed by atoms with Gasteiger partial charge in [0.1, 0.15) is 6.61 Å². The van der Waals surface area contributed by atoms with Crippen molar-refractivity contribution >= 4 is 28.6 Å². The van der Waals surface area contributed by atoms with E-state index in [-0.39, 0.29) is 12.2 Å². The van der Waals surface area contributed by atoms with Gasteiger partial charge in [0.2, 0.25) is 0 Å². The van der Waals surface area contributed by atoms with Gasteiger partial charge in [-0.05, 0) is 30.3 Å². The smallest absolute Gasteiger partial charge is 0.338 e. The summed E-state index contributed by atoms with van der Waals surface area (Å²) < 4.78 is 30.3. The summed E-state index contributed by atoms with van der Waals surface area (Å²) in [5.41, 5.74) is 1.43. The molecule has 23 heavy (non-hydrogen) atoms. The number of imidazole rings is 1. The highest BCUT2D eigenvalue weighted by Gasteiger charge is 2.15.